The van der Waals surface area contributed by atoms with Crippen molar-refractivity contribution in [1.29, 1.82) is 0 Å². The Labute approximate surface area is 139 Å². The number of hydrogen-bond donors (Lipinski definition) is 0. The Morgan fingerprint density at radius 2 is 1.74 bits per heavy atom. The molecule has 2 rings (SSSR count). The molecule has 4 heteroatoms. The second-order valence-corrected chi connectivity index (χ2v) is 7.54. The van der Waals surface area contributed by atoms with Crippen molar-refractivity contribution < 1.29 is 9.59 Å². The zero-order valence-corrected chi connectivity index (χ0v) is 15.1. The number of fused-ring (bicyclic) bond motifs is 1. The molecule has 1 atom stereocenters. The molecule has 0 aromatic heterocycles. The molecule has 0 saturated heterocycles. The van der Waals surface area contributed by atoms with E-state index in [2.05, 4.69) is 0 Å². The molecule has 1 aliphatic rings. The van der Waals surface area contributed by atoms with Crippen LogP contribution in [-0.2, 0) is 9.59 Å². The van der Waals surface area contributed by atoms with Crippen LogP contribution in [-0.4, -0.2) is 23.4 Å². The Kier molecular flexibility index (Phi) is 4.83. The van der Waals surface area contributed by atoms with Crippen molar-refractivity contribution in [1.82, 2.24) is 0 Å². The van der Waals surface area contributed by atoms with Gasteiger partial charge in [-0.1, -0.05) is 32.9 Å². The molecule has 0 aliphatic carbocycles. The highest BCUT2D eigenvalue weighted by molar-refractivity contribution is 6.13. The van der Waals surface area contributed by atoms with Crippen LogP contribution in [0.5, 0.6) is 0 Å². The number of nitrogens with zero attached hydrogens (tertiary/aromatic N) is 2. The number of para-hydroxylation sites is 2. The van der Waals surface area contributed by atoms with Crippen LogP contribution in [0.2, 0.25) is 0 Å². The third kappa shape index (κ3) is 3.12. The van der Waals surface area contributed by atoms with Gasteiger partial charge < -0.3 is 4.90 Å². The highest BCUT2D eigenvalue weighted by Crippen LogP contribution is 2.41. The maximum Gasteiger partial charge on any atom is 0.250 e. The summed E-state index contributed by atoms with van der Waals surface area (Å²) in [5, 5.41) is 0. The number of rotatable bonds is 3. The molecule has 0 spiro atoms. The lowest BCUT2D eigenvalue weighted by molar-refractivity contribution is -0.127. The van der Waals surface area contributed by atoms with E-state index in [1.165, 1.54) is 0 Å². The summed E-state index contributed by atoms with van der Waals surface area (Å²) in [6, 6.07) is 7.29. The van der Waals surface area contributed by atoms with E-state index in [-0.39, 0.29) is 23.3 Å². The third-order valence-corrected chi connectivity index (χ3v) is 4.17. The monoisotopic (exact) mass is 316 g/mol. The zero-order chi connectivity index (χ0) is 17.4. The Balaban J connectivity index is 2.66. The van der Waals surface area contributed by atoms with Gasteiger partial charge in [0.05, 0.1) is 11.4 Å². The summed E-state index contributed by atoms with van der Waals surface area (Å²) in [6.07, 6.45) is 1.24. The Hall–Kier alpha value is -1.84. The lowest BCUT2D eigenvalue weighted by Crippen LogP contribution is -2.62. The minimum atomic E-state index is -0.442. The van der Waals surface area contributed by atoms with Crippen LogP contribution in [0.25, 0.3) is 0 Å². The Morgan fingerprint density at radius 1 is 1.17 bits per heavy atom. The fraction of sp³-hybridized carbons (Fsp3) is 0.579. The van der Waals surface area contributed by atoms with E-state index in [1.807, 2.05) is 70.7 Å². The van der Waals surface area contributed by atoms with Crippen molar-refractivity contribution >= 4 is 23.2 Å². The molecule has 126 valence electrons. The van der Waals surface area contributed by atoms with Crippen molar-refractivity contribution in [3.05, 3.63) is 24.3 Å². The van der Waals surface area contributed by atoms with Gasteiger partial charge in [-0.25, -0.2) is 0 Å². The van der Waals surface area contributed by atoms with Gasteiger partial charge in [-0.2, -0.15) is 0 Å². The molecule has 0 radical (unpaired) electrons. The highest BCUT2D eigenvalue weighted by Gasteiger charge is 2.45. The number of amides is 2. The van der Waals surface area contributed by atoms with E-state index >= 15 is 0 Å². The standard InChI is InChI=1S/C19H28N2O2/c1-7-10-16(22)20-14-11-8-9-12-15(14)21(19(4,5)6)18(23)17(20)13(2)3/h8-9,11-13,17H,7,10H2,1-6H3. The van der Waals surface area contributed by atoms with Gasteiger partial charge in [-0.3, -0.25) is 14.5 Å². The van der Waals surface area contributed by atoms with Crippen LogP contribution in [0.3, 0.4) is 0 Å². The number of benzene rings is 1. The molecular weight excluding hydrogens is 288 g/mol. The minimum Gasteiger partial charge on any atom is -0.303 e. The van der Waals surface area contributed by atoms with Crippen molar-refractivity contribution in [2.75, 3.05) is 9.80 Å². The summed E-state index contributed by atoms with van der Waals surface area (Å²) in [4.78, 5) is 29.5. The summed E-state index contributed by atoms with van der Waals surface area (Å²) in [5.41, 5.74) is 1.34. The summed E-state index contributed by atoms with van der Waals surface area (Å²) in [7, 11) is 0. The van der Waals surface area contributed by atoms with Gasteiger partial charge in [0.25, 0.3) is 5.91 Å². The number of carbonyl (C=O) groups excluding carboxylic acids is 2. The molecule has 23 heavy (non-hydrogen) atoms. The van der Waals surface area contributed by atoms with Gasteiger partial charge in [0.1, 0.15) is 6.04 Å². The molecule has 4 nitrogen and oxygen atoms in total. The predicted octanol–water partition coefficient (Wildman–Crippen LogP) is 3.99. The average molecular weight is 316 g/mol. The summed E-state index contributed by atoms with van der Waals surface area (Å²) in [5.74, 6) is 0.0951. The molecule has 1 aromatic rings. The molecular formula is C19H28N2O2. The van der Waals surface area contributed by atoms with Crippen molar-refractivity contribution in [2.24, 2.45) is 5.92 Å². The fourth-order valence-corrected chi connectivity index (χ4v) is 3.27. The van der Waals surface area contributed by atoms with E-state index in [4.69, 9.17) is 0 Å². The Morgan fingerprint density at radius 3 is 2.22 bits per heavy atom. The van der Waals surface area contributed by atoms with Crippen LogP contribution in [0.15, 0.2) is 24.3 Å². The lowest BCUT2D eigenvalue weighted by Gasteiger charge is -2.48. The van der Waals surface area contributed by atoms with Crippen LogP contribution < -0.4 is 9.80 Å². The smallest absolute Gasteiger partial charge is 0.250 e. The lowest BCUT2D eigenvalue weighted by atomic mass is 9.92. The molecule has 1 unspecified atom stereocenters. The Bertz CT molecular complexity index is 602. The highest BCUT2D eigenvalue weighted by atomic mass is 16.2. The van der Waals surface area contributed by atoms with Gasteiger partial charge >= 0.3 is 0 Å². The summed E-state index contributed by atoms with van der Waals surface area (Å²) < 4.78 is 0. The quantitative estimate of drug-likeness (QED) is 0.846. The second kappa shape index (κ2) is 6.34. The van der Waals surface area contributed by atoms with Gasteiger partial charge in [-0.15, -0.1) is 0 Å². The van der Waals surface area contributed by atoms with Gasteiger partial charge in [0.15, 0.2) is 0 Å². The maximum atomic E-state index is 13.2. The molecule has 2 amide bonds. The summed E-state index contributed by atoms with van der Waals surface area (Å²) in [6.45, 7) is 12.1. The van der Waals surface area contributed by atoms with Gasteiger partial charge in [0.2, 0.25) is 5.91 Å². The van der Waals surface area contributed by atoms with Gasteiger partial charge in [0, 0.05) is 12.0 Å². The normalized spacial score (nSPS) is 18.4. The molecule has 1 heterocycles. The van der Waals surface area contributed by atoms with Crippen LogP contribution >= 0.6 is 0 Å². The van der Waals surface area contributed by atoms with E-state index in [0.29, 0.717) is 6.42 Å². The molecule has 0 saturated carbocycles. The number of anilines is 2. The first-order valence-corrected chi connectivity index (χ1v) is 8.45. The first-order valence-electron chi connectivity index (χ1n) is 8.45. The topological polar surface area (TPSA) is 40.6 Å². The average Bonchev–Trinajstić information content (AvgIpc) is 2.44. The first kappa shape index (κ1) is 17.5. The van der Waals surface area contributed by atoms with Crippen LogP contribution in [0, 0.1) is 5.92 Å². The van der Waals surface area contributed by atoms with E-state index in [9.17, 15) is 9.59 Å². The third-order valence-electron chi connectivity index (χ3n) is 4.17. The predicted molar refractivity (Wildman–Crippen MR) is 94.7 cm³/mol. The van der Waals surface area contributed by atoms with E-state index in [0.717, 1.165) is 17.8 Å². The zero-order valence-electron chi connectivity index (χ0n) is 15.1. The molecule has 0 N–H and O–H groups in total. The van der Waals surface area contributed by atoms with Crippen LogP contribution in [0.4, 0.5) is 11.4 Å². The molecule has 1 aromatic carbocycles. The largest absolute Gasteiger partial charge is 0.303 e. The van der Waals surface area contributed by atoms with E-state index in [1.54, 1.807) is 4.90 Å². The molecule has 0 fully saturated rings. The van der Waals surface area contributed by atoms with E-state index < -0.39 is 6.04 Å². The number of carbonyl (C=O) groups is 2. The van der Waals surface area contributed by atoms with Crippen LogP contribution in [0.1, 0.15) is 54.4 Å². The minimum absolute atomic E-state index is 0.00986. The van der Waals surface area contributed by atoms with Gasteiger partial charge in [-0.05, 0) is 45.2 Å². The second-order valence-electron chi connectivity index (χ2n) is 7.54. The SMILES string of the molecule is CCCC(=O)N1c2ccccc2N(C(C)(C)C)C(=O)C1C(C)C. The molecule has 0 bridgehead atoms. The first-order chi connectivity index (χ1) is 10.7. The maximum absolute atomic E-state index is 13.2. The van der Waals surface area contributed by atoms with Crippen molar-refractivity contribution in [2.45, 2.75) is 66.0 Å². The fourth-order valence-electron chi connectivity index (χ4n) is 3.27. The summed E-state index contributed by atoms with van der Waals surface area (Å²) >= 11 is 0. The van der Waals surface area contributed by atoms with Crippen molar-refractivity contribution in [3.63, 3.8) is 0 Å². The van der Waals surface area contributed by atoms with Crippen molar-refractivity contribution in [3.8, 4) is 0 Å². The molecule has 1 aliphatic heterocycles. The number of hydrogen-bond acceptors (Lipinski definition) is 2.